The number of hydrogen-bond donors (Lipinski definition) is 0. The molecular weight excluding hydrogens is 217 g/mol. The van der Waals surface area contributed by atoms with Crippen LogP contribution in [0.1, 0.15) is 38.2 Å². The zero-order valence-corrected chi connectivity index (χ0v) is 10.4. The van der Waals surface area contributed by atoms with E-state index >= 15 is 0 Å². The van der Waals surface area contributed by atoms with Gasteiger partial charge in [0.1, 0.15) is 5.82 Å². The Hall–Kier alpha value is -1.38. The molecule has 94 valence electrons. The minimum absolute atomic E-state index is 0.241. The highest BCUT2D eigenvalue weighted by Crippen LogP contribution is 2.07. The summed E-state index contributed by atoms with van der Waals surface area (Å²) in [4.78, 5) is 12.6. The molecule has 0 saturated heterocycles. The second-order valence-corrected chi connectivity index (χ2v) is 4.26. The van der Waals surface area contributed by atoms with Crippen LogP contribution < -0.4 is 0 Å². The van der Waals surface area contributed by atoms with Gasteiger partial charge in [0, 0.05) is 13.1 Å². The first kappa shape index (κ1) is 13.7. The summed E-state index contributed by atoms with van der Waals surface area (Å²) < 4.78 is 12.7. The number of amides is 1. The quantitative estimate of drug-likeness (QED) is 0.501. The molecule has 0 spiro atoms. The molecule has 0 aliphatic heterocycles. The lowest BCUT2D eigenvalue weighted by Gasteiger charge is -2.17. The molecule has 2 nitrogen and oxygen atoms in total. The molecule has 0 aliphatic rings. The van der Waals surface area contributed by atoms with Crippen molar-refractivity contribution in [3.8, 4) is 0 Å². The van der Waals surface area contributed by atoms with E-state index in [1.165, 1.54) is 25.0 Å². The van der Waals surface area contributed by atoms with Crippen molar-refractivity contribution in [2.24, 2.45) is 0 Å². The van der Waals surface area contributed by atoms with Gasteiger partial charge in [-0.1, -0.05) is 38.3 Å². The molecule has 0 aromatic heterocycles. The summed E-state index contributed by atoms with van der Waals surface area (Å²) in [5.74, 6) is -0.241. The molecule has 0 saturated carbocycles. The number of carbonyl (C=O) groups is 1. The largest absolute Gasteiger partial charge is 0.341 e. The van der Waals surface area contributed by atoms with Gasteiger partial charge in [-0.3, -0.25) is 4.79 Å². The summed E-state index contributed by atoms with van der Waals surface area (Å²) in [6.07, 6.45) is 5.47. The summed E-state index contributed by atoms with van der Waals surface area (Å²) in [6, 6.07) is 6.29. The fourth-order valence-electron chi connectivity index (χ4n) is 1.74. The predicted octanol–water partition coefficient (Wildman–Crippen LogP) is 3.36. The van der Waals surface area contributed by atoms with Crippen molar-refractivity contribution in [3.63, 3.8) is 0 Å². The molecule has 0 radical (unpaired) electrons. The van der Waals surface area contributed by atoms with E-state index in [0.29, 0.717) is 6.54 Å². The van der Waals surface area contributed by atoms with Crippen LogP contribution in [-0.4, -0.2) is 17.9 Å². The monoisotopic (exact) mass is 237 g/mol. The lowest BCUT2D eigenvalue weighted by atomic mass is 10.2. The van der Waals surface area contributed by atoms with E-state index in [4.69, 9.17) is 0 Å². The number of rotatable bonds is 8. The Labute approximate surface area is 102 Å². The van der Waals surface area contributed by atoms with Gasteiger partial charge in [0.05, 0.1) is 0 Å². The molecule has 0 unspecified atom stereocenters. The van der Waals surface area contributed by atoms with Crippen LogP contribution in [0, 0.1) is 5.82 Å². The van der Waals surface area contributed by atoms with Crippen molar-refractivity contribution in [2.45, 2.75) is 39.2 Å². The van der Waals surface area contributed by atoms with Gasteiger partial charge in [0.2, 0.25) is 6.41 Å². The summed E-state index contributed by atoms with van der Waals surface area (Å²) in [6.45, 7) is 3.51. The van der Waals surface area contributed by atoms with Crippen molar-refractivity contribution in [2.75, 3.05) is 6.54 Å². The van der Waals surface area contributed by atoms with Crippen molar-refractivity contribution < 1.29 is 9.18 Å². The Kier molecular flexibility index (Phi) is 6.30. The summed E-state index contributed by atoms with van der Waals surface area (Å²) in [5.41, 5.74) is 0.967. The van der Waals surface area contributed by atoms with Crippen LogP contribution >= 0.6 is 0 Å². The predicted molar refractivity (Wildman–Crippen MR) is 67.0 cm³/mol. The van der Waals surface area contributed by atoms with Crippen LogP contribution in [0.15, 0.2) is 24.3 Å². The fraction of sp³-hybridized carbons (Fsp3) is 0.500. The molecule has 1 rings (SSSR count). The topological polar surface area (TPSA) is 20.3 Å². The third-order valence-corrected chi connectivity index (χ3v) is 2.75. The smallest absolute Gasteiger partial charge is 0.210 e. The maximum Gasteiger partial charge on any atom is 0.210 e. The van der Waals surface area contributed by atoms with Crippen LogP contribution in [0.3, 0.4) is 0 Å². The molecular formula is C14H20FNO. The maximum atomic E-state index is 12.7. The second-order valence-electron chi connectivity index (χ2n) is 4.26. The van der Waals surface area contributed by atoms with Gasteiger partial charge in [-0.15, -0.1) is 0 Å². The first-order chi connectivity index (χ1) is 8.26. The van der Waals surface area contributed by atoms with Crippen LogP contribution in [0.4, 0.5) is 4.39 Å². The molecule has 0 N–H and O–H groups in total. The average Bonchev–Trinajstić information content (AvgIpc) is 2.35. The van der Waals surface area contributed by atoms with E-state index in [-0.39, 0.29) is 5.82 Å². The number of halogens is 1. The van der Waals surface area contributed by atoms with Crippen LogP contribution in [0.2, 0.25) is 0 Å². The highest BCUT2D eigenvalue weighted by Gasteiger charge is 2.02. The first-order valence-electron chi connectivity index (χ1n) is 6.20. The number of benzene rings is 1. The van der Waals surface area contributed by atoms with E-state index in [1.54, 1.807) is 17.0 Å². The maximum absolute atomic E-state index is 12.7. The molecule has 0 aliphatic carbocycles. The van der Waals surface area contributed by atoms with Crippen molar-refractivity contribution >= 4 is 6.41 Å². The van der Waals surface area contributed by atoms with E-state index in [1.807, 2.05) is 0 Å². The van der Waals surface area contributed by atoms with Crippen molar-refractivity contribution in [1.29, 1.82) is 0 Å². The summed E-state index contributed by atoms with van der Waals surface area (Å²) in [7, 11) is 0. The van der Waals surface area contributed by atoms with Gasteiger partial charge in [-0.2, -0.15) is 0 Å². The molecule has 0 fully saturated rings. The molecule has 1 aromatic rings. The van der Waals surface area contributed by atoms with Crippen LogP contribution in [0.5, 0.6) is 0 Å². The molecule has 3 heteroatoms. The molecule has 1 amide bonds. The summed E-state index contributed by atoms with van der Waals surface area (Å²) >= 11 is 0. The fourth-order valence-corrected chi connectivity index (χ4v) is 1.74. The van der Waals surface area contributed by atoms with Gasteiger partial charge >= 0.3 is 0 Å². The number of carbonyl (C=O) groups excluding carboxylic acids is 1. The lowest BCUT2D eigenvalue weighted by Crippen LogP contribution is -2.22. The normalized spacial score (nSPS) is 10.2. The Bertz CT molecular complexity index is 323. The van der Waals surface area contributed by atoms with Gasteiger partial charge in [-0.05, 0) is 24.1 Å². The molecule has 17 heavy (non-hydrogen) atoms. The van der Waals surface area contributed by atoms with Crippen molar-refractivity contribution in [3.05, 3.63) is 35.6 Å². The molecule has 0 bridgehead atoms. The van der Waals surface area contributed by atoms with Gasteiger partial charge in [0.25, 0.3) is 0 Å². The van der Waals surface area contributed by atoms with Gasteiger partial charge in [0.15, 0.2) is 0 Å². The Morgan fingerprint density at radius 1 is 1.18 bits per heavy atom. The number of nitrogens with zero attached hydrogens (tertiary/aromatic N) is 1. The Morgan fingerprint density at radius 3 is 2.47 bits per heavy atom. The van der Waals surface area contributed by atoms with E-state index < -0.39 is 0 Å². The SMILES string of the molecule is CCCCCCN(C=O)Cc1ccc(F)cc1. The number of unbranched alkanes of at least 4 members (excludes halogenated alkanes) is 3. The highest BCUT2D eigenvalue weighted by atomic mass is 19.1. The van der Waals surface area contributed by atoms with E-state index in [0.717, 1.165) is 31.4 Å². The minimum Gasteiger partial charge on any atom is -0.341 e. The van der Waals surface area contributed by atoms with Gasteiger partial charge in [-0.25, -0.2) is 4.39 Å². The molecule has 0 atom stereocenters. The standard InChI is InChI=1S/C14H20FNO/c1-2-3-4-5-10-16(12-17)11-13-6-8-14(15)9-7-13/h6-9,12H,2-5,10-11H2,1H3. The zero-order valence-electron chi connectivity index (χ0n) is 10.4. The number of hydrogen-bond acceptors (Lipinski definition) is 1. The van der Waals surface area contributed by atoms with E-state index in [2.05, 4.69) is 6.92 Å². The third kappa shape index (κ3) is 5.48. The highest BCUT2D eigenvalue weighted by molar-refractivity contribution is 5.47. The second kappa shape index (κ2) is 7.82. The zero-order chi connectivity index (χ0) is 12.5. The van der Waals surface area contributed by atoms with Crippen LogP contribution in [-0.2, 0) is 11.3 Å². The van der Waals surface area contributed by atoms with Crippen molar-refractivity contribution in [1.82, 2.24) is 4.90 Å². The first-order valence-corrected chi connectivity index (χ1v) is 6.20. The third-order valence-electron chi connectivity index (χ3n) is 2.75. The molecule has 1 aromatic carbocycles. The average molecular weight is 237 g/mol. The minimum atomic E-state index is -0.241. The lowest BCUT2D eigenvalue weighted by molar-refractivity contribution is -0.118. The Balaban J connectivity index is 2.35. The summed E-state index contributed by atoms with van der Waals surface area (Å²) in [5, 5.41) is 0. The van der Waals surface area contributed by atoms with E-state index in [9.17, 15) is 9.18 Å². The Morgan fingerprint density at radius 2 is 1.88 bits per heavy atom. The van der Waals surface area contributed by atoms with Crippen LogP contribution in [0.25, 0.3) is 0 Å². The molecule has 0 heterocycles. The van der Waals surface area contributed by atoms with Gasteiger partial charge < -0.3 is 4.90 Å².